The van der Waals surface area contributed by atoms with Crippen molar-refractivity contribution in [1.82, 2.24) is 4.98 Å². The van der Waals surface area contributed by atoms with Crippen molar-refractivity contribution in [3.05, 3.63) is 35.5 Å². The van der Waals surface area contributed by atoms with Crippen LogP contribution in [0.15, 0.2) is 24.3 Å². The summed E-state index contributed by atoms with van der Waals surface area (Å²) in [6.07, 6.45) is 1.40. The van der Waals surface area contributed by atoms with Crippen molar-refractivity contribution >= 4 is 22.6 Å². The fourth-order valence-electron chi connectivity index (χ4n) is 2.89. The minimum atomic E-state index is -0.963. The smallest absolute Gasteiger partial charge is 0.332 e. The van der Waals surface area contributed by atoms with Crippen LogP contribution < -0.4 is 5.73 Å². The van der Waals surface area contributed by atoms with Crippen molar-refractivity contribution in [1.29, 1.82) is 0 Å². The summed E-state index contributed by atoms with van der Waals surface area (Å²) < 4.78 is 5.69. The Morgan fingerprint density at radius 2 is 2.24 bits per heavy atom. The lowest BCUT2D eigenvalue weighted by molar-refractivity contribution is -0.153. The third kappa shape index (κ3) is 2.45. The number of para-hydroxylation sites is 1. The maximum atomic E-state index is 11.0. The molecule has 5 heteroatoms. The predicted molar refractivity (Wildman–Crippen MR) is 80.0 cm³/mol. The van der Waals surface area contributed by atoms with Crippen molar-refractivity contribution in [2.45, 2.75) is 38.4 Å². The van der Waals surface area contributed by atoms with Crippen molar-refractivity contribution in [3.63, 3.8) is 0 Å². The molecule has 0 aliphatic heterocycles. The highest BCUT2D eigenvalue weighted by atomic mass is 16.5. The molecule has 0 amide bonds. The van der Waals surface area contributed by atoms with Gasteiger partial charge in [-0.3, -0.25) is 4.98 Å². The fourth-order valence-corrected chi connectivity index (χ4v) is 2.89. The summed E-state index contributed by atoms with van der Waals surface area (Å²) in [6.45, 7) is 1.54. The van der Waals surface area contributed by atoms with Crippen LogP contribution in [0.5, 0.6) is 0 Å². The Morgan fingerprint density at radius 1 is 1.48 bits per heavy atom. The fraction of sp³-hybridized carbons (Fsp3) is 0.375. The molecular formula is C16H18N2O3. The second kappa shape index (κ2) is 5.33. The van der Waals surface area contributed by atoms with Gasteiger partial charge in [-0.25, -0.2) is 4.79 Å². The lowest BCUT2D eigenvalue weighted by Crippen LogP contribution is -2.25. The Bertz CT molecular complexity index is 699. The molecule has 2 unspecified atom stereocenters. The number of pyridine rings is 1. The van der Waals surface area contributed by atoms with Gasteiger partial charge >= 0.3 is 5.97 Å². The summed E-state index contributed by atoms with van der Waals surface area (Å²) in [6, 6.07) is 7.73. The van der Waals surface area contributed by atoms with Crippen LogP contribution in [0, 0.1) is 0 Å². The van der Waals surface area contributed by atoms with Gasteiger partial charge in [-0.2, -0.15) is 0 Å². The number of anilines is 1. The number of aryl methyl sites for hydroxylation is 1. The van der Waals surface area contributed by atoms with Gasteiger partial charge in [-0.15, -0.1) is 0 Å². The monoisotopic (exact) mass is 286 g/mol. The second-order valence-corrected chi connectivity index (χ2v) is 5.40. The number of aliphatic carboxylic acids is 1. The van der Waals surface area contributed by atoms with Gasteiger partial charge in [0.05, 0.1) is 11.6 Å². The normalized spacial score (nSPS) is 19.2. The number of aromatic nitrogens is 1. The molecule has 21 heavy (non-hydrogen) atoms. The van der Waals surface area contributed by atoms with Crippen LogP contribution in [0.3, 0.4) is 0 Å². The van der Waals surface area contributed by atoms with Gasteiger partial charge in [-0.1, -0.05) is 18.2 Å². The van der Waals surface area contributed by atoms with Gasteiger partial charge in [0.2, 0.25) is 0 Å². The minimum Gasteiger partial charge on any atom is -0.479 e. The number of benzene rings is 1. The zero-order valence-corrected chi connectivity index (χ0v) is 11.9. The Kier molecular flexibility index (Phi) is 3.51. The van der Waals surface area contributed by atoms with Crippen molar-refractivity contribution < 1.29 is 14.6 Å². The molecule has 110 valence electrons. The maximum Gasteiger partial charge on any atom is 0.332 e. The lowest BCUT2D eigenvalue weighted by atomic mass is 9.90. The third-order valence-electron chi connectivity index (χ3n) is 3.97. The number of fused-ring (bicyclic) bond motifs is 2. The number of hydrogen-bond acceptors (Lipinski definition) is 4. The molecule has 5 nitrogen and oxygen atoms in total. The Morgan fingerprint density at radius 3 is 3.00 bits per heavy atom. The molecule has 0 saturated heterocycles. The number of rotatable bonds is 3. The van der Waals surface area contributed by atoms with E-state index in [-0.39, 0.29) is 6.10 Å². The largest absolute Gasteiger partial charge is 0.479 e. The van der Waals surface area contributed by atoms with Gasteiger partial charge in [0.15, 0.2) is 6.10 Å². The zero-order valence-electron chi connectivity index (χ0n) is 11.9. The Hall–Kier alpha value is -2.14. The molecule has 2 atom stereocenters. The van der Waals surface area contributed by atoms with Crippen LogP contribution in [0.4, 0.5) is 5.69 Å². The molecule has 2 aromatic rings. The van der Waals surface area contributed by atoms with Crippen molar-refractivity contribution in [2.24, 2.45) is 0 Å². The molecule has 0 radical (unpaired) electrons. The molecule has 1 heterocycles. The van der Waals surface area contributed by atoms with Gasteiger partial charge < -0.3 is 15.6 Å². The first-order chi connectivity index (χ1) is 10.1. The third-order valence-corrected chi connectivity index (χ3v) is 3.97. The molecule has 0 saturated carbocycles. The summed E-state index contributed by atoms with van der Waals surface area (Å²) in [5.41, 5.74) is 9.65. The van der Waals surface area contributed by atoms with Gasteiger partial charge in [0.25, 0.3) is 0 Å². The Balaban J connectivity index is 2.07. The van der Waals surface area contributed by atoms with Crippen LogP contribution in [0.2, 0.25) is 0 Å². The zero-order chi connectivity index (χ0) is 15.0. The van der Waals surface area contributed by atoms with E-state index in [4.69, 9.17) is 15.6 Å². The average Bonchev–Trinajstić information content (AvgIpc) is 2.47. The van der Waals surface area contributed by atoms with E-state index in [0.29, 0.717) is 5.69 Å². The summed E-state index contributed by atoms with van der Waals surface area (Å²) >= 11 is 0. The molecular weight excluding hydrogens is 268 g/mol. The molecule has 0 fully saturated rings. The summed E-state index contributed by atoms with van der Waals surface area (Å²) in [4.78, 5) is 15.7. The first kappa shape index (κ1) is 13.8. The lowest BCUT2D eigenvalue weighted by Gasteiger charge is -2.28. The van der Waals surface area contributed by atoms with E-state index in [0.717, 1.165) is 41.4 Å². The van der Waals surface area contributed by atoms with E-state index in [1.165, 1.54) is 0 Å². The molecule has 1 aromatic heterocycles. The number of ether oxygens (including phenoxy) is 1. The highest BCUT2D eigenvalue weighted by molar-refractivity contribution is 5.92. The number of hydrogen-bond donors (Lipinski definition) is 2. The molecule has 1 aliphatic carbocycles. The van der Waals surface area contributed by atoms with E-state index in [2.05, 4.69) is 4.98 Å². The van der Waals surface area contributed by atoms with Crippen LogP contribution in [0.25, 0.3) is 10.9 Å². The topological polar surface area (TPSA) is 85.4 Å². The van der Waals surface area contributed by atoms with E-state index in [1.54, 1.807) is 6.92 Å². The molecule has 0 bridgehead atoms. The number of carboxylic acid groups (broad SMARTS) is 1. The van der Waals surface area contributed by atoms with Gasteiger partial charge in [0.1, 0.15) is 0 Å². The maximum absolute atomic E-state index is 11.0. The van der Waals surface area contributed by atoms with E-state index in [9.17, 15) is 4.79 Å². The second-order valence-electron chi connectivity index (χ2n) is 5.40. The number of carboxylic acids is 1. The van der Waals surface area contributed by atoms with Crippen molar-refractivity contribution in [2.75, 3.05) is 5.73 Å². The van der Waals surface area contributed by atoms with Crippen molar-refractivity contribution in [3.8, 4) is 0 Å². The molecule has 3 rings (SSSR count). The molecule has 0 spiro atoms. The average molecular weight is 286 g/mol. The number of nitrogens with two attached hydrogens (primary N) is 1. The highest BCUT2D eigenvalue weighted by Crippen LogP contribution is 2.39. The molecule has 1 aliphatic rings. The van der Waals surface area contributed by atoms with E-state index in [1.807, 2.05) is 24.3 Å². The van der Waals surface area contributed by atoms with E-state index >= 15 is 0 Å². The number of carbonyl (C=O) groups is 1. The number of nitrogen functional groups attached to an aromatic ring is 1. The predicted octanol–water partition coefficient (Wildman–Crippen LogP) is 2.68. The SMILES string of the molecule is CC(OC1CCCc2nc3ccccc3c(N)c21)C(=O)O. The van der Waals surface area contributed by atoms with Crippen LogP contribution in [-0.4, -0.2) is 22.2 Å². The Labute approximate surface area is 122 Å². The summed E-state index contributed by atoms with van der Waals surface area (Å²) in [7, 11) is 0. The summed E-state index contributed by atoms with van der Waals surface area (Å²) in [5.74, 6) is -0.963. The number of nitrogens with zero attached hydrogens (tertiary/aromatic N) is 1. The first-order valence-electron chi connectivity index (χ1n) is 7.13. The summed E-state index contributed by atoms with van der Waals surface area (Å²) in [5, 5.41) is 9.93. The minimum absolute atomic E-state index is 0.294. The standard InChI is InChI=1S/C16H18N2O3/c1-9(16(19)20)21-13-8-4-7-12-14(13)15(17)10-5-2-3-6-11(10)18-12/h2-3,5-6,9,13H,4,7-8H2,1H3,(H2,17,18)(H,19,20). The quantitative estimate of drug-likeness (QED) is 0.906. The molecule has 1 aromatic carbocycles. The molecule has 3 N–H and O–H groups in total. The first-order valence-corrected chi connectivity index (χ1v) is 7.13. The highest BCUT2D eigenvalue weighted by Gasteiger charge is 2.28. The van der Waals surface area contributed by atoms with Crippen LogP contribution in [-0.2, 0) is 16.0 Å². The van der Waals surface area contributed by atoms with Crippen LogP contribution in [0.1, 0.15) is 37.1 Å². The van der Waals surface area contributed by atoms with Crippen LogP contribution >= 0.6 is 0 Å². The van der Waals surface area contributed by atoms with E-state index < -0.39 is 12.1 Å². The van der Waals surface area contributed by atoms with Gasteiger partial charge in [-0.05, 0) is 32.3 Å². The van der Waals surface area contributed by atoms with Gasteiger partial charge in [0, 0.05) is 22.3 Å².